The summed E-state index contributed by atoms with van der Waals surface area (Å²) in [6, 6.07) is 21.7. The number of aliphatic carboxylic acids is 1. The molecule has 0 atom stereocenters. The van der Waals surface area contributed by atoms with E-state index in [1.807, 2.05) is 66.7 Å². The molecule has 6 N–H and O–H groups in total. The Morgan fingerprint density at radius 1 is 0.784 bits per heavy atom. The number of ether oxygens (including phenoxy) is 1. The van der Waals surface area contributed by atoms with Crippen LogP contribution >= 0.6 is 31.9 Å². The molecule has 0 bridgehead atoms. The molecule has 37 heavy (non-hydrogen) atoms. The second-order valence-corrected chi connectivity index (χ2v) is 9.49. The first kappa shape index (κ1) is 29.7. The molecule has 2 heterocycles. The average Bonchev–Trinajstić information content (AvgIpc) is 2.85. The van der Waals surface area contributed by atoms with Crippen LogP contribution in [-0.4, -0.2) is 21.0 Å². The normalized spacial score (nSPS) is 9.86. The number of carboxylic acids is 1. The van der Waals surface area contributed by atoms with Crippen molar-refractivity contribution in [3.63, 3.8) is 0 Å². The third-order valence-corrected chi connectivity index (χ3v) is 6.97. The number of nitrogen functional groups attached to an aromatic ring is 1. The van der Waals surface area contributed by atoms with Crippen molar-refractivity contribution in [1.29, 1.82) is 0 Å². The van der Waals surface area contributed by atoms with E-state index in [2.05, 4.69) is 55.7 Å². The number of para-hydroxylation sites is 1. The van der Waals surface area contributed by atoms with Crippen molar-refractivity contribution >= 4 is 65.2 Å². The van der Waals surface area contributed by atoms with E-state index in [1.54, 1.807) is 12.4 Å². The lowest BCUT2D eigenvalue weighted by molar-refractivity contribution is -0.134. The number of hydrogen-bond acceptors (Lipinski definition) is 6. The van der Waals surface area contributed by atoms with Gasteiger partial charge in [0.1, 0.15) is 11.6 Å². The number of fused-ring (bicyclic) bond motifs is 2. The van der Waals surface area contributed by atoms with Gasteiger partial charge in [-0.2, -0.15) is 0 Å². The lowest BCUT2D eigenvalue weighted by Crippen LogP contribution is -1.91. The molecule has 5 aromatic rings. The van der Waals surface area contributed by atoms with E-state index in [-0.39, 0.29) is 6.15 Å². The highest BCUT2D eigenvalue weighted by molar-refractivity contribution is 9.10. The summed E-state index contributed by atoms with van der Waals surface area (Å²) >= 11 is 7.03. The molecule has 0 saturated carbocycles. The Labute approximate surface area is 232 Å². The summed E-state index contributed by atoms with van der Waals surface area (Å²) in [6.07, 6.45) is 3.51. The maximum Gasteiger partial charge on any atom is 0.300 e. The number of carboxylic acid groups (broad SMARTS) is 1. The minimum atomic E-state index is -0.833. The molecular formula is C28H28Br2N4O3. The van der Waals surface area contributed by atoms with Gasteiger partial charge in [0.05, 0.1) is 0 Å². The molecule has 0 aliphatic carbocycles. The molecular weight excluding hydrogens is 600 g/mol. The summed E-state index contributed by atoms with van der Waals surface area (Å²) in [7, 11) is 0. The molecule has 0 amide bonds. The van der Waals surface area contributed by atoms with Gasteiger partial charge in [0, 0.05) is 39.0 Å². The van der Waals surface area contributed by atoms with Crippen molar-refractivity contribution in [2.24, 2.45) is 0 Å². The Balaban J connectivity index is 0.000000233. The van der Waals surface area contributed by atoms with Crippen molar-refractivity contribution in [1.82, 2.24) is 16.1 Å². The molecule has 3 aromatic carbocycles. The summed E-state index contributed by atoms with van der Waals surface area (Å²) in [5, 5.41) is 11.8. The second-order valence-electron chi connectivity index (χ2n) is 7.78. The van der Waals surface area contributed by atoms with Crippen molar-refractivity contribution in [3.8, 4) is 11.6 Å². The van der Waals surface area contributed by atoms with Crippen LogP contribution in [0.15, 0.2) is 88.1 Å². The Hall–Kier alpha value is -3.53. The molecule has 7 nitrogen and oxygen atoms in total. The minimum Gasteiger partial charge on any atom is -0.481 e. The maximum absolute atomic E-state index is 9.00. The number of rotatable bonds is 2. The van der Waals surface area contributed by atoms with Crippen LogP contribution in [0.5, 0.6) is 11.6 Å². The molecule has 9 heteroatoms. The van der Waals surface area contributed by atoms with Crippen LogP contribution < -0.4 is 16.6 Å². The number of anilines is 1. The Bertz CT molecular complexity index is 1510. The highest BCUT2D eigenvalue weighted by atomic mass is 79.9. The summed E-state index contributed by atoms with van der Waals surface area (Å²) in [5.41, 5.74) is 8.14. The molecule has 0 unspecified atom stereocenters. The second kappa shape index (κ2) is 13.7. The summed E-state index contributed by atoms with van der Waals surface area (Å²) < 4.78 is 8.06. The number of aryl methyl sites for hydroxylation is 2. The van der Waals surface area contributed by atoms with Crippen LogP contribution in [0.1, 0.15) is 18.1 Å². The first-order chi connectivity index (χ1) is 17.2. The summed E-state index contributed by atoms with van der Waals surface area (Å²) in [6.45, 7) is 5.23. The molecule has 0 fully saturated rings. The largest absolute Gasteiger partial charge is 0.481 e. The Morgan fingerprint density at radius 3 is 1.84 bits per heavy atom. The molecule has 0 radical (unpaired) electrons. The van der Waals surface area contributed by atoms with E-state index in [0.717, 1.165) is 43.2 Å². The fraction of sp³-hybridized carbons (Fsp3) is 0.107. The topological polar surface area (TPSA) is 133 Å². The first-order valence-electron chi connectivity index (χ1n) is 10.9. The van der Waals surface area contributed by atoms with Crippen LogP contribution in [0.4, 0.5) is 5.82 Å². The van der Waals surface area contributed by atoms with Gasteiger partial charge in [-0.25, -0.2) is 9.97 Å². The van der Waals surface area contributed by atoms with Gasteiger partial charge in [0.2, 0.25) is 5.88 Å². The van der Waals surface area contributed by atoms with Gasteiger partial charge in [-0.05, 0) is 84.3 Å². The summed E-state index contributed by atoms with van der Waals surface area (Å²) in [5.74, 6) is 1.19. The zero-order valence-electron chi connectivity index (χ0n) is 20.7. The zero-order valence-corrected chi connectivity index (χ0v) is 23.9. The van der Waals surface area contributed by atoms with Crippen molar-refractivity contribution in [2.75, 3.05) is 5.73 Å². The number of hydrogen-bond donors (Lipinski definition) is 3. The summed E-state index contributed by atoms with van der Waals surface area (Å²) in [4.78, 5) is 17.4. The lowest BCUT2D eigenvalue weighted by atomic mass is 10.1. The van der Waals surface area contributed by atoms with Gasteiger partial charge in [0.25, 0.3) is 5.97 Å². The standard InChI is InChI=1S/C16H12BrNO.C10H9BrN2.C2H4O2.H3N/c1-11-13-9-10-18-16(14(13)7-8-15(11)17)19-12-5-3-2-4-6-12;1-6-7-4-5-13-10(12)8(7)2-3-9(6)11;1-2(3)4;/h2-10H,1H3;2-5H,1H3,(H2,12,13);1H3,(H,3,4);1H3. The molecule has 0 aliphatic rings. The van der Waals surface area contributed by atoms with Crippen molar-refractivity contribution in [2.45, 2.75) is 20.8 Å². The van der Waals surface area contributed by atoms with E-state index in [9.17, 15) is 0 Å². The van der Waals surface area contributed by atoms with Crippen LogP contribution in [0.2, 0.25) is 0 Å². The third kappa shape index (κ3) is 7.72. The minimum absolute atomic E-state index is 0. The van der Waals surface area contributed by atoms with Crippen LogP contribution in [0, 0.1) is 13.8 Å². The number of nitrogens with zero attached hydrogens (tertiary/aromatic N) is 2. The quantitative estimate of drug-likeness (QED) is 0.179. The fourth-order valence-corrected chi connectivity index (χ4v) is 4.13. The van der Waals surface area contributed by atoms with Crippen molar-refractivity contribution < 1.29 is 14.6 Å². The smallest absolute Gasteiger partial charge is 0.300 e. The van der Waals surface area contributed by atoms with Crippen LogP contribution in [0.25, 0.3) is 21.5 Å². The monoisotopic (exact) mass is 626 g/mol. The number of aromatic nitrogens is 2. The molecule has 5 rings (SSSR count). The van der Waals surface area contributed by atoms with Crippen LogP contribution in [0.3, 0.4) is 0 Å². The predicted molar refractivity (Wildman–Crippen MR) is 158 cm³/mol. The molecule has 0 spiro atoms. The van der Waals surface area contributed by atoms with Gasteiger partial charge in [-0.3, -0.25) is 4.79 Å². The van der Waals surface area contributed by atoms with Gasteiger partial charge >= 0.3 is 0 Å². The molecule has 192 valence electrons. The SMILES string of the molecule is CC(=O)O.Cc1c(Br)ccc2c(N)nccc12.Cc1c(Br)ccc2c(Oc3ccccc3)nccc12.N. The third-order valence-electron chi connectivity index (χ3n) is 5.25. The van der Waals surface area contributed by atoms with Crippen molar-refractivity contribution in [3.05, 3.63) is 99.2 Å². The highest BCUT2D eigenvalue weighted by Gasteiger charge is 2.08. The van der Waals surface area contributed by atoms with Gasteiger partial charge in [-0.15, -0.1) is 0 Å². The number of carbonyl (C=O) groups is 1. The average molecular weight is 628 g/mol. The molecule has 0 saturated heterocycles. The van der Waals surface area contributed by atoms with Crippen LogP contribution in [-0.2, 0) is 4.79 Å². The number of halogens is 2. The maximum atomic E-state index is 9.00. The van der Waals surface area contributed by atoms with Gasteiger partial charge in [-0.1, -0.05) is 50.1 Å². The molecule has 0 aliphatic heterocycles. The highest BCUT2D eigenvalue weighted by Crippen LogP contribution is 2.32. The van der Waals surface area contributed by atoms with Gasteiger partial charge < -0.3 is 21.7 Å². The first-order valence-corrected chi connectivity index (χ1v) is 12.5. The Kier molecular flexibility index (Phi) is 11.0. The van der Waals surface area contributed by atoms with E-state index < -0.39 is 5.97 Å². The van der Waals surface area contributed by atoms with E-state index >= 15 is 0 Å². The zero-order chi connectivity index (χ0) is 26.2. The van der Waals surface area contributed by atoms with E-state index in [0.29, 0.717) is 11.7 Å². The number of benzene rings is 3. The number of pyridine rings is 2. The predicted octanol–water partition coefficient (Wildman–Crippen LogP) is 8.24. The van der Waals surface area contributed by atoms with E-state index in [4.69, 9.17) is 20.4 Å². The number of nitrogens with two attached hydrogens (primary N) is 1. The molecule has 2 aromatic heterocycles. The Morgan fingerprint density at radius 2 is 1.27 bits per heavy atom. The van der Waals surface area contributed by atoms with E-state index in [1.165, 1.54) is 11.1 Å². The lowest BCUT2D eigenvalue weighted by Gasteiger charge is -2.10. The fourth-order valence-electron chi connectivity index (χ4n) is 3.44. The van der Waals surface area contributed by atoms with Gasteiger partial charge in [0.15, 0.2) is 0 Å².